The average molecular weight is 338 g/mol. The number of nitrogens with zero attached hydrogens (tertiary/aromatic N) is 2. The Bertz CT molecular complexity index is 386. The largest absolute Gasteiger partial charge is 0.448 e. The number of rotatable bonds is 3. The van der Waals surface area contributed by atoms with Crippen molar-refractivity contribution in [3.8, 4) is 0 Å². The van der Waals surface area contributed by atoms with Gasteiger partial charge in [-0.2, -0.15) is 5.01 Å². The van der Waals surface area contributed by atoms with Crippen molar-refractivity contribution in [2.75, 3.05) is 26.1 Å². The summed E-state index contributed by atoms with van der Waals surface area (Å²) >= 11 is 5.97. The highest BCUT2D eigenvalue weighted by atomic mass is 32.2. The highest BCUT2D eigenvalue weighted by molar-refractivity contribution is 8.22. The first-order valence-electron chi connectivity index (χ1n) is 6.12. The molecule has 0 spiro atoms. The SMILES string of the molecule is CCOC(=O)N(C(=O)OCC)N(C(=O)OCC)C(=S)SC. The van der Waals surface area contributed by atoms with Crippen LogP contribution in [0, 0.1) is 0 Å². The van der Waals surface area contributed by atoms with E-state index in [1.54, 1.807) is 27.0 Å². The lowest BCUT2D eigenvalue weighted by molar-refractivity contribution is 0.0147. The van der Waals surface area contributed by atoms with Crippen LogP contribution >= 0.6 is 24.0 Å². The summed E-state index contributed by atoms with van der Waals surface area (Å²) in [6.07, 6.45) is -1.55. The lowest BCUT2D eigenvalue weighted by Crippen LogP contribution is -2.54. The van der Waals surface area contributed by atoms with E-state index in [-0.39, 0.29) is 24.1 Å². The van der Waals surface area contributed by atoms with Crippen LogP contribution in [-0.4, -0.2) is 58.7 Å². The molecule has 0 aromatic carbocycles. The number of imide groups is 1. The third-order valence-corrected chi connectivity index (χ3v) is 3.06. The fourth-order valence-electron chi connectivity index (χ4n) is 1.12. The van der Waals surface area contributed by atoms with Gasteiger partial charge in [0.2, 0.25) is 0 Å². The number of carbonyl (C=O) groups is 3. The number of thioether (sulfide) groups is 1. The summed E-state index contributed by atoms with van der Waals surface area (Å²) in [6, 6.07) is 0. The summed E-state index contributed by atoms with van der Waals surface area (Å²) in [5.74, 6) is 0. The van der Waals surface area contributed by atoms with Crippen molar-refractivity contribution in [3.63, 3.8) is 0 Å². The molecule has 0 atom stereocenters. The second-order valence-corrected chi connectivity index (χ2v) is 4.63. The molecule has 0 aliphatic carbocycles. The number of ether oxygens (including phenoxy) is 3. The van der Waals surface area contributed by atoms with Gasteiger partial charge in [0.1, 0.15) is 0 Å². The van der Waals surface area contributed by atoms with E-state index in [0.717, 1.165) is 11.8 Å². The summed E-state index contributed by atoms with van der Waals surface area (Å²) in [4.78, 5) is 35.8. The zero-order valence-corrected chi connectivity index (χ0v) is 13.9. The van der Waals surface area contributed by atoms with E-state index in [1.807, 2.05) is 0 Å². The molecule has 0 radical (unpaired) electrons. The van der Waals surface area contributed by atoms with Crippen LogP contribution in [0.5, 0.6) is 0 Å². The molecule has 0 aromatic heterocycles. The van der Waals surface area contributed by atoms with Crippen molar-refractivity contribution < 1.29 is 28.6 Å². The van der Waals surface area contributed by atoms with Gasteiger partial charge in [-0.1, -0.05) is 24.0 Å². The Morgan fingerprint density at radius 1 is 0.857 bits per heavy atom. The van der Waals surface area contributed by atoms with Crippen molar-refractivity contribution >= 4 is 46.6 Å². The van der Waals surface area contributed by atoms with Crippen LogP contribution in [0.15, 0.2) is 0 Å². The minimum absolute atomic E-state index is 0.0113. The van der Waals surface area contributed by atoms with Crippen LogP contribution in [0.25, 0.3) is 0 Å². The second-order valence-electron chi connectivity index (χ2n) is 3.19. The third-order valence-electron chi connectivity index (χ3n) is 1.87. The Labute approximate surface area is 132 Å². The molecule has 8 nitrogen and oxygen atoms in total. The van der Waals surface area contributed by atoms with Gasteiger partial charge < -0.3 is 14.2 Å². The molecule has 0 heterocycles. The summed E-state index contributed by atoms with van der Waals surface area (Å²) < 4.78 is 14.2. The minimum atomic E-state index is -1.08. The van der Waals surface area contributed by atoms with E-state index >= 15 is 0 Å². The molecule has 0 saturated carbocycles. The normalized spacial score (nSPS) is 9.52. The van der Waals surface area contributed by atoms with Crippen LogP contribution < -0.4 is 0 Å². The molecular weight excluding hydrogens is 320 g/mol. The number of carbonyl (C=O) groups excluding carboxylic acids is 3. The fourth-order valence-corrected chi connectivity index (χ4v) is 1.60. The zero-order chi connectivity index (χ0) is 16.4. The number of hydrogen-bond acceptors (Lipinski definition) is 8. The molecule has 0 rings (SSSR count). The third kappa shape index (κ3) is 5.76. The first-order chi connectivity index (χ1) is 9.94. The lowest BCUT2D eigenvalue weighted by Gasteiger charge is -2.29. The predicted octanol–water partition coefficient (Wildman–Crippen LogP) is 2.62. The molecule has 0 aromatic rings. The Hall–Kier alpha value is -1.55. The monoisotopic (exact) mass is 338 g/mol. The van der Waals surface area contributed by atoms with E-state index < -0.39 is 18.3 Å². The van der Waals surface area contributed by atoms with Gasteiger partial charge in [-0.3, -0.25) is 0 Å². The van der Waals surface area contributed by atoms with Crippen LogP contribution in [-0.2, 0) is 14.2 Å². The fraction of sp³-hybridized carbons (Fsp3) is 0.636. The van der Waals surface area contributed by atoms with Gasteiger partial charge in [0, 0.05) is 0 Å². The van der Waals surface area contributed by atoms with Gasteiger partial charge in [0.15, 0.2) is 4.32 Å². The Balaban J connectivity index is 5.54. The van der Waals surface area contributed by atoms with Crippen LogP contribution in [0.4, 0.5) is 14.4 Å². The van der Waals surface area contributed by atoms with Crippen LogP contribution in [0.3, 0.4) is 0 Å². The van der Waals surface area contributed by atoms with Gasteiger partial charge in [0.05, 0.1) is 19.8 Å². The van der Waals surface area contributed by atoms with E-state index in [1.165, 1.54) is 0 Å². The molecule has 120 valence electrons. The van der Waals surface area contributed by atoms with Crippen molar-refractivity contribution in [1.82, 2.24) is 10.0 Å². The molecule has 3 amide bonds. The maximum absolute atomic E-state index is 11.9. The smallest absolute Gasteiger partial charge is 0.439 e. The molecule has 21 heavy (non-hydrogen) atoms. The standard InChI is InChI=1S/C11H18N2O6S2/c1-5-17-8(14)12(9(15)18-6-2)13(11(20)21-4)10(16)19-7-3/h5-7H2,1-4H3. The van der Waals surface area contributed by atoms with Crippen molar-refractivity contribution in [2.45, 2.75) is 20.8 Å². The highest BCUT2D eigenvalue weighted by Crippen LogP contribution is 2.14. The molecule has 0 unspecified atom stereocenters. The summed E-state index contributed by atoms with van der Waals surface area (Å²) in [5, 5.41) is 0.989. The van der Waals surface area contributed by atoms with Gasteiger partial charge in [-0.25, -0.2) is 14.4 Å². The number of hydrazine groups is 1. The van der Waals surface area contributed by atoms with Gasteiger partial charge in [0.25, 0.3) is 0 Å². The average Bonchev–Trinajstić information content (AvgIpc) is 2.44. The zero-order valence-electron chi connectivity index (χ0n) is 12.3. The van der Waals surface area contributed by atoms with E-state index in [2.05, 4.69) is 0 Å². The minimum Gasteiger partial charge on any atom is -0.448 e. The van der Waals surface area contributed by atoms with Crippen LogP contribution in [0.2, 0.25) is 0 Å². The van der Waals surface area contributed by atoms with Gasteiger partial charge in [-0.05, 0) is 27.0 Å². The van der Waals surface area contributed by atoms with Crippen molar-refractivity contribution in [3.05, 3.63) is 0 Å². The van der Waals surface area contributed by atoms with E-state index in [9.17, 15) is 14.4 Å². The van der Waals surface area contributed by atoms with Gasteiger partial charge >= 0.3 is 18.3 Å². The number of amides is 3. The van der Waals surface area contributed by atoms with Crippen molar-refractivity contribution in [2.24, 2.45) is 0 Å². The number of thiocarbonyl (C=S) groups is 1. The van der Waals surface area contributed by atoms with E-state index in [4.69, 9.17) is 26.4 Å². The topological polar surface area (TPSA) is 85.4 Å². The summed E-state index contributed by atoms with van der Waals surface area (Å²) in [6.45, 7) is 4.77. The van der Waals surface area contributed by atoms with Gasteiger partial charge in [-0.15, -0.1) is 5.01 Å². The molecule has 0 aliphatic heterocycles. The summed E-state index contributed by atoms with van der Waals surface area (Å²) in [7, 11) is 0. The molecule has 0 aliphatic rings. The molecule has 0 fully saturated rings. The first-order valence-corrected chi connectivity index (χ1v) is 7.76. The van der Waals surface area contributed by atoms with Crippen LogP contribution in [0.1, 0.15) is 20.8 Å². The Kier molecular flexibility index (Phi) is 9.46. The quantitative estimate of drug-likeness (QED) is 0.441. The lowest BCUT2D eigenvalue weighted by atomic mass is 10.8. The molecule has 0 bridgehead atoms. The molecule has 0 N–H and O–H groups in total. The second kappa shape index (κ2) is 10.2. The predicted molar refractivity (Wildman–Crippen MR) is 80.9 cm³/mol. The Morgan fingerprint density at radius 2 is 1.19 bits per heavy atom. The maximum Gasteiger partial charge on any atom is 0.439 e. The molecule has 10 heteroatoms. The highest BCUT2D eigenvalue weighted by Gasteiger charge is 2.38. The Morgan fingerprint density at radius 3 is 1.48 bits per heavy atom. The number of hydrogen-bond donors (Lipinski definition) is 0. The molecule has 0 saturated heterocycles. The maximum atomic E-state index is 11.9. The van der Waals surface area contributed by atoms with Crippen molar-refractivity contribution in [1.29, 1.82) is 0 Å². The molecular formula is C11H18N2O6S2. The van der Waals surface area contributed by atoms with E-state index in [0.29, 0.717) is 10.0 Å². The first kappa shape index (κ1) is 19.4. The summed E-state index contributed by atoms with van der Waals surface area (Å²) in [5.41, 5.74) is 0.